The molecule has 0 atom stereocenters. The number of para-hydroxylation sites is 1. The van der Waals surface area contributed by atoms with Gasteiger partial charge < -0.3 is 10.1 Å². The molecule has 0 saturated heterocycles. The van der Waals surface area contributed by atoms with Gasteiger partial charge in [0.1, 0.15) is 0 Å². The van der Waals surface area contributed by atoms with Crippen molar-refractivity contribution in [1.29, 1.82) is 0 Å². The lowest BCUT2D eigenvalue weighted by atomic mass is 10.1. The van der Waals surface area contributed by atoms with Crippen molar-refractivity contribution < 1.29 is 22.7 Å². The summed E-state index contributed by atoms with van der Waals surface area (Å²) in [6, 6.07) is 11.5. The Morgan fingerprint density at radius 2 is 1.86 bits per heavy atom. The summed E-state index contributed by atoms with van der Waals surface area (Å²) in [6.45, 7) is 1.91. The van der Waals surface area contributed by atoms with E-state index < -0.39 is 16.0 Å². The quantitative estimate of drug-likeness (QED) is 0.635. The molecule has 0 heterocycles. The molecule has 0 spiro atoms. The predicted molar refractivity (Wildman–Crippen MR) is 114 cm³/mol. The highest BCUT2D eigenvalue weighted by atomic mass is 35.5. The van der Waals surface area contributed by atoms with Gasteiger partial charge in [-0.15, -0.1) is 0 Å². The van der Waals surface area contributed by atoms with Crippen LogP contribution in [0.5, 0.6) is 0 Å². The molecule has 1 amide bonds. The van der Waals surface area contributed by atoms with E-state index in [1.807, 2.05) is 0 Å². The number of rotatable bonds is 8. The number of halogens is 1. The number of ether oxygens (including phenoxy) is 1. The van der Waals surface area contributed by atoms with Crippen molar-refractivity contribution in [3.63, 3.8) is 0 Å². The Kier molecular flexibility index (Phi) is 7.64. The fourth-order valence-corrected chi connectivity index (χ4v) is 3.97. The first-order valence-electron chi connectivity index (χ1n) is 8.84. The lowest BCUT2D eigenvalue weighted by Gasteiger charge is -2.24. The summed E-state index contributed by atoms with van der Waals surface area (Å²) in [7, 11) is -2.29. The molecule has 1 N–H and O–H groups in total. The second-order valence-electron chi connectivity index (χ2n) is 6.45. The first kappa shape index (κ1) is 22.7. The van der Waals surface area contributed by atoms with Gasteiger partial charge in [0.2, 0.25) is 15.9 Å². The summed E-state index contributed by atoms with van der Waals surface area (Å²) < 4.78 is 30.4. The maximum absolute atomic E-state index is 12.3. The topological polar surface area (TPSA) is 92.8 Å². The number of carbonyl (C=O) groups excluding carboxylic acids is 2. The highest BCUT2D eigenvalue weighted by Crippen LogP contribution is 2.26. The van der Waals surface area contributed by atoms with Crippen LogP contribution in [0.15, 0.2) is 42.5 Å². The number of methoxy groups -OCH3 is 1. The van der Waals surface area contributed by atoms with Gasteiger partial charge in [-0.1, -0.05) is 29.8 Å². The Labute approximate surface area is 175 Å². The largest absolute Gasteiger partial charge is 0.465 e. The number of nitrogens with zero attached hydrogens (tertiary/aromatic N) is 1. The van der Waals surface area contributed by atoms with Crippen LogP contribution in [0.3, 0.4) is 0 Å². The number of hydrogen-bond donors (Lipinski definition) is 1. The number of hydrogen-bond acceptors (Lipinski definition) is 5. The molecule has 0 aliphatic carbocycles. The van der Waals surface area contributed by atoms with E-state index >= 15 is 0 Å². The van der Waals surface area contributed by atoms with E-state index in [0.29, 0.717) is 16.4 Å². The normalized spacial score (nSPS) is 11.0. The standard InChI is InChI=1S/C20H23ClN2O5S/c1-14-10-11-15(21)13-18(14)23(29(3,26)27)12-6-9-19(24)22-17-8-5-4-7-16(17)20(25)28-2/h4-5,7-8,10-11,13H,6,9,12H2,1-3H3,(H,22,24). The van der Waals surface area contributed by atoms with E-state index in [-0.39, 0.29) is 30.9 Å². The minimum atomic E-state index is -3.55. The Morgan fingerprint density at radius 1 is 1.17 bits per heavy atom. The van der Waals surface area contributed by atoms with E-state index in [9.17, 15) is 18.0 Å². The summed E-state index contributed by atoms with van der Waals surface area (Å²) >= 11 is 6.01. The molecule has 2 aromatic carbocycles. The zero-order valence-electron chi connectivity index (χ0n) is 16.4. The fraction of sp³-hybridized carbons (Fsp3) is 0.300. The zero-order chi connectivity index (χ0) is 21.6. The second-order valence-corrected chi connectivity index (χ2v) is 8.80. The van der Waals surface area contributed by atoms with Gasteiger partial charge in [0.15, 0.2) is 0 Å². The van der Waals surface area contributed by atoms with Gasteiger partial charge in [-0.3, -0.25) is 9.10 Å². The molecule has 0 aliphatic heterocycles. The third kappa shape index (κ3) is 6.20. The smallest absolute Gasteiger partial charge is 0.339 e. The molecule has 29 heavy (non-hydrogen) atoms. The molecule has 0 fully saturated rings. The van der Waals surface area contributed by atoms with Gasteiger partial charge >= 0.3 is 5.97 Å². The van der Waals surface area contributed by atoms with E-state index in [1.54, 1.807) is 49.4 Å². The number of aryl methyl sites for hydroxylation is 1. The maximum Gasteiger partial charge on any atom is 0.339 e. The molecule has 0 unspecified atom stereocenters. The number of benzene rings is 2. The van der Waals surface area contributed by atoms with Crippen molar-refractivity contribution >= 4 is 44.9 Å². The molecule has 7 nitrogen and oxygen atoms in total. The van der Waals surface area contributed by atoms with E-state index in [1.165, 1.54) is 11.4 Å². The Balaban J connectivity index is 2.06. The summed E-state index contributed by atoms with van der Waals surface area (Å²) in [5, 5.41) is 3.10. The molecular formula is C20H23ClN2O5S. The molecule has 0 aromatic heterocycles. The molecule has 2 aromatic rings. The van der Waals surface area contributed by atoms with Crippen LogP contribution in [0.1, 0.15) is 28.8 Å². The first-order chi connectivity index (χ1) is 13.6. The number of carbonyl (C=O) groups is 2. The molecule has 0 aliphatic rings. The van der Waals surface area contributed by atoms with Crippen LogP contribution in [-0.2, 0) is 19.6 Å². The van der Waals surface area contributed by atoms with Crippen molar-refractivity contribution in [2.45, 2.75) is 19.8 Å². The number of sulfonamides is 1. The number of amides is 1. The van der Waals surface area contributed by atoms with Crippen molar-refractivity contribution in [2.24, 2.45) is 0 Å². The SMILES string of the molecule is COC(=O)c1ccccc1NC(=O)CCCN(c1cc(Cl)ccc1C)S(C)(=O)=O. The monoisotopic (exact) mass is 438 g/mol. The van der Waals surface area contributed by atoms with Crippen molar-refractivity contribution in [1.82, 2.24) is 0 Å². The highest BCUT2D eigenvalue weighted by molar-refractivity contribution is 7.92. The van der Waals surface area contributed by atoms with Gasteiger partial charge in [0.25, 0.3) is 0 Å². The van der Waals surface area contributed by atoms with E-state index in [0.717, 1.165) is 11.8 Å². The van der Waals surface area contributed by atoms with Crippen molar-refractivity contribution in [2.75, 3.05) is 29.5 Å². The average molecular weight is 439 g/mol. The number of anilines is 2. The van der Waals surface area contributed by atoms with Gasteiger partial charge in [-0.25, -0.2) is 13.2 Å². The van der Waals surface area contributed by atoms with Crippen LogP contribution < -0.4 is 9.62 Å². The van der Waals surface area contributed by atoms with Crippen LogP contribution in [0, 0.1) is 6.92 Å². The lowest BCUT2D eigenvalue weighted by molar-refractivity contribution is -0.116. The van der Waals surface area contributed by atoms with Gasteiger partial charge in [-0.05, 0) is 43.2 Å². The summed E-state index contributed by atoms with van der Waals surface area (Å²) in [5.41, 5.74) is 1.83. The molecule has 0 saturated carbocycles. The minimum absolute atomic E-state index is 0.0706. The molecule has 156 valence electrons. The minimum Gasteiger partial charge on any atom is -0.465 e. The van der Waals surface area contributed by atoms with E-state index in [2.05, 4.69) is 5.32 Å². The van der Waals surface area contributed by atoms with Crippen LogP contribution in [0.25, 0.3) is 0 Å². The third-order valence-electron chi connectivity index (χ3n) is 4.21. The van der Waals surface area contributed by atoms with Crippen molar-refractivity contribution in [3.8, 4) is 0 Å². The third-order valence-corrected chi connectivity index (χ3v) is 5.63. The van der Waals surface area contributed by atoms with Gasteiger partial charge in [0, 0.05) is 18.0 Å². The molecule has 0 radical (unpaired) electrons. The van der Waals surface area contributed by atoms with Gasteiger partial charge in [0.05, 0.1) is 30.3 Å². The summed E-state index contributed by atoms with van der Waals surface area (Å²) in [6.07, 6.45) is 1.46. The zero-order valence-corrected chi connectivity index (χ0v) is 18.0. The predicted octanol–water partition coefficient (Wildman–Crippen LogP) is 3.62. The molecular weight excluding hydrogens is 416 g/mol. The summed E-state index contributed by atoms with van der Waals surface area (Å²) in [4.78, 5) is 24.1. The van der Waals surface area contributed by atoms with Crippen molar-refractivity contribution in [3.05, 3.63) is 58.6 Å². The Bertz CT molecular complexity index is 1010. The van der Waals surface area contributed by atoms with Crippen LogP contribution in [0.2, 0.25) is 5.02 Å². The molecule has 2 rings (SSSR count). The Morgan fingerprint density at radius 3 is 2.52 bits per heavy atom. The van der Waals surface area contributed by atoms with Crippen LogP contribution in [-0.4, -0.2) is 40.2 Å². The lowest BCUT2D eigenvalue weighted by Crippen LogP contribution is -2.32. The highest BCUT2D eigenvalue weighted by Gasteiger charge is 2.20. The number of esters is 1. The molecule has 0 bridgehead atoms. The number of nitrogens with one attached hydrogen (secondary N) is 1. The Hall–Kier alpha value is -2.58. The second kappa shape index (κ2) is 9.76. The molecule has 9 heteroatoms. The maximum atomic E-state index is 12.3. The van der Waals surface area contributed by atoms with Crippen LogP contribution in [0.4, 0.5) is 11.4 Å². The summed E-state index contributed by atoms with van der Waals surface area (Å²) in [5.74, 6) is -0.891. The van der Waals surface area contributed by atoms with Crippen LogP contribution >= 0.6 is 11.6 Å². The average Bonchev–Trinajstić information content (AvgIpc) is 2.66. The first-order valence-corrected chi connectivity index (χ1v) is 11.1. The van der Waals surface area contributed by atoms with Gasteiger partial charge in [-0.2, -0.15) is 0 Å². The fourth-order valence-electron chi connectivity index (χ4n) is 2.79. The van der Waals surface area contributed by atoms with E-state index in [4.69, 9.17) is 16.3 Å².